The summed E-state index contributed by atoms with van der Waals surface area (Å²) in [4.78, 5) is 24.8. The Kier molecular flexibility index (Phi) is 6.23. The molecule has 0 bridgehead atoms. The van der Waals surface area contributed by atoms with Gasteiger partial charge in [0.05, 0.1) is 17.6 Å². The molecule has 0 aliphatic heterocycles. The zero-order valence-corrected chi connectivity index (χ0v) is 16.3. The lowest BCUT2D eigenvalue weighted by Crippen LogP contribution is -2.30. The number of furan rings is 1. The van der Waals surface area contributed by atoms with Crippen molar-refractivity contribution in [2.75, 3.05) is 10.6 Å². The molecule has 0 saturated heterocycles. The van der Waals surface area contributed by atoms with E-state index in [1.54, 1.807) is 49.4 Å². The summed E-state index contributed by atoms with van der Waals surface area (Å²) in [5.74, 6) is -0.269. The molecular formula is C20H16Cl2N2O4. The van der Waals surface area contributed by atoms with Gasteiger partial charge >= 0.3 is 0 Å². The first kappa shape index (κ1) is 19.8. The summed E-state index contributed by atoms with van der Waals surface area (Å²) in [6, 6.07) is 14.6. The molecular weight excluding hydrogens is 403 g/mol. The Labute approximate surface area is 171 Å². The lowest BCUT2D eigenvalue weighted by Gasteiger charge is -2.17. The van der Waals surface area contributed by atoms with E-state index in [4.69, 9.17) is 32.4 Å². The molecule has 2 N–H and O–H groups in total. The van der Waals surface area contributed by atoms with E-state index in [2.05, 4.69) is 10.6 Å². The third-order valence-electron chi connectivity index (χ3n) is 3.71. The molecule has 1 aromatic heterocycles. The topological polar surface area (TPSA) is 80.6 Å². The molecule has 0 spiro atoms. The monoisotopic (exact) mass is 418 g/mol. The van der Waals surface area contributed by atoms with Crippen molar-refractivity contribution in [3.8, 4) is 5.75 Å². The highest BCUT2D eigenvalue weighted by Crippen LogP contribution is 2.27. The van der Waals surface area contributed by atoms with Gasteiger partial charge < -0.3 is 19.8 Å². The summed E-state index contributed by atoms with van der Waals surface area (Å²) >= 11 is 11.9. The predicted octanol–water partition coefficient (Wildman–Crippen LogP) is 5.24. The van der Waals surface area contributed by atoms with Crippen molar-refractivity contribution < 1.29 is 18.7 Å². The van der Waals surface area contributed by atoms with E-state index in [1.165, 1.54) is 18.4 Å². The first-order valence-corrected chi connectivity index (χ1v) is 9.05. The minimum Gasteiger partial charge on any atom is -0.481 e. The lowest BCUT2D eigenvalue weighted by molar-refractivity contribution is -0.122. The number of ether oxygens (including phenoxy) is 1. The average molecular weight is 419 g/mol. The van der Waals surface area contributed by atoms with Gasteiger partial charge in [0.2, 0.25) is 0 Å². The third-order valence-corrected chi connectivity index (χ3v) is 4.18. The number of anilines is 2. The maximum atomic E-state index is 12.5. The number of amides is 2. The van der Waals surface area contributed by atoms with Crippen LogP contribution in [-0.4, -0.2) is 17.9 Å². The van der Waals surface area contributed by atoms with Gasteiger partial charge in [0.15, 0.2) is 11.9 Å². The first-order chi connectivity index (χ1) is 13.4. The van der Waals surface area contributed by atoms with Gasteiger partial charge in [0.1, 0.15) is 5.75 Å². The van der Waals surface area contributed by atoms with Gasteiger partial charge in [0, 0.05) is 10.0 Å². The minimum absolute atomic E-state index is 0.134. The van der Waals surface area contributed by atoms with Crippen LogP contribution in [0.4, 0.5) is 11.4 Å². The first-order valence-electron chi connectivity index (χ1n) is 8.30. The van der Waals surface area contributed by atoms with Crippen LogP contribution in [0.15, 0.2) is 65.3 Å². The molecule has 1 unspecified atom stereocenters. The largest absolute Gasteiger partial charge is 0.481 e. The molecule has 144 valence electrons. The number of hydrogen-bond acceptors (Lipinski definition) is 4. The minimum atomic E-state index is -0.803. The smallest absolute Gasteiger partial charge is 0.291 e. The van der Waals surface area contributed by atoms with Crippen LogP contribution in [0, 0.1) is 0 Å². The SMILES string of the molecule is CC(Oc1cccc(Cl)c1)C(=O)Nc1ccc(Cl)cc1NC(=O)c1ccco1. The summed E-state index contributed by atoms with van der Waals surface area (Å²) in [6.07, 6.45) is 0.590. The molecule has 2 amide bonds. The van der Waals surface area contributed by atoms with Crippen molar-refractivity contribution in [2.45, 2.75) is 13.0 Å². The molecule has 2 aromatic carbocycles. The molecule has 28 heavy (non-hydrogen) atoms. The standard InChI is InChI=1S/C20H16Cl2N2O4/c1-12(28-15-5-2-4-13(21)10-15)19(25)23-16-8-7-14(22)11-17(16)24-20(26)18-6-3-9-27-18/h2-12H,1H3,(H,23,25)(H,24,26). The van der Waals surface area contributed by atoms with Crippen LogP contribution in [0.1, 0.15) is 17.5 Å². The fraction of sp³-hybridized carbons (Fsp3) is 0.100. The maximum Gasteiger partial charge on any atom is 0.291 e. The lowest BCUT2D eigenvalue weighted by atomic mass is 10.2. The van der Waals surface area contributed by atoms with Crippen molar-refractivity contribution in [3.05, 3.63) is 76.7 Å². The zero-order valence-electron chi connectivity index (χ0n) is 14.7. The Morgan fingerprint density at radius 1 is 0.964 bits per heavy atom. The van der Waals surface area contributed by atoms with Crippen LogP contribution in [0.3, 0.4) is 0 Å². The second kappa shape index (κ2) is 8.82. The molecule has 8 heteroatoms. The van der Waals surface area contributed by atoms with Crippen LogP contribution in [0.5, 0.6) is 5.75 Å². The predicted molar refractivity (Wildman–Crippen MR) is 108 cm³/mol. The van der Waals surface area contributed by atoms with E-state index < -0.39 is 17.9 Å². The van der Waals surface area contributed by atoms with Gasteiger partial charge in [-0.15, -0.1) is 0 Å². The van der Waals surface area contributed by atoms with E-state index in [0.29, 0.717) is 27.2 Å². The molecule has 1 heterocycles. The summed E-state index contributed by atoms with van der Waals surface area (Å²) in [5.41, 5.74) is 0.702. The van der Waals surface area contributed by atoms with Gasteiger partial charge in [-0.2, -0.15) is 0 Å². The highest BCUT2D eigenvalue weighted by Gasteiger charge is 2.18. The summed E-state index contributed by atoms with van der Waals surface area (Å²) in [7, 11) is 0. The second-order valence-electron chi connectivity index (χ2n) is 5.83. The maximum absolute atomic E-state index is 12.5. The van der Waals surface area contributed by atoms with E-state index >= 15 is 0 Å². The van der Waals surface area contributed by atoms with Crippen LogP contribution in [-0.2, 0) is 4.79 Å². The van der Waals surface area contributed by atoms with E-state index in [0.717, 1.165) is 0 Å². The number of rotatable bonds is 6. The number of benzene rings is 2. The van der Waals surface area contributed by atoms with Crippen LogP contribution in [0.25, 0.3) is 0 Å². The Bertz CT molecular complexity index is 990. The Balaban J connectivity index is 1.72. The number of carbonyl (C=O) groups excluding carboxylic acids is 2. The highest BCUT2D eigenvalue weighted by atomic mass is 35.5. The molecule has 0 aliphatic rings. The van der Waals surface area contributed by atoms with Gasteiger partial charge in [0.25, 0.3) is 11.8 Å². The van der Waals surface area contributed by atoms with E-state index in [-0.39, 0.29) is 5.76 Å². The van der Waals surface area contributed by atoms with Crippen molar-refractivity contribution in [1.29, 1.82) is 0 Å². The Hall–Kier alpha value is -2.96. The average Bonchev–Trinajstić information content (AvgIpc) is 3.18. The second-order valence-corrected chi connectivity index (χ2v) is 6.70. The summed E-state index contributed by atoms with van der Waals surface area (Å²) in [6.45, 7) is 1.60. The van der Waals surface area contributed by atoms with Crippen molar-refractivity contribution >= 4 is 46.4 Å². The van der Waals surface area contributed by atoms with Gasteiger partial charge in [-0.05, 0) is 55.5 Å². The van der Waals surface area contributed by atoms with Gasteiger partial charge in [-0.1, -0.05) is 29.3 Å². The molecule has 3 rings (SSSR count). The molecule has 0 saturated carbocycles. The van der Waals surface area contributed by atoms with Crippen molar-refractivity contribution in [3.63, 3.8) is 0 Å². The molecule has 6 nitrogen and oxygen atoms in total. The number of hydrogen-bond donors (Lipinski definition) is 2. The fourth-order valence-corrected chi connectivity index (χ4v) is 2.71. The van der Waals surface area contributed by atoms with Crippen LogP contribution >= 0.6 is 23.2 Å². The Morgan fingerprint density at radius 2 is 1.75 bits per heavy atom. The van der Waals surface area contributed by atoms with Gasteiger partial charge in [-0.25, -0.2) is 0 Å². The summed E-state index contributed by atoms with van der Waals surface area (Å²) < 4.78 is 10.7. The molecule has 0 aliphatic carbocycles. The summed E-state index contributed by atoms with van der Waals surface area (Å²) in [5, 5.41) is 6.29. The van der Waals surface area contributed by atoms with E-state index in [1.807, 2.05) is 0 Å². The fourth-order valence-electron chi connectivity index (χ4n) is 2.35. The molecule has 1 atom stereocenters. The number of halogens is 2. The molecule has 0 fully saturated rings. The van der Waals surface area contributed by atoms with Gasteiger partial charge in [-0.3, -0.25) is 9.59 Å². The third kappa shape index (κ3) is 5.06. The van der Waals surface area contributed by atoms with Crippen molar-refractivity contribution in [2.24, 2.45) is 0 Å². The van der Waals surface area contributed by atoms with E-state index in [9.17, 15) is 9.59 Å². The number of nitrogens with one attached hydrogen (secondary N) is 2. The molecule has 3 aromatic rings. The van der Waals surface area contributed by atoms with Crippen LogP contribution in [0.2, 0.25) is 10.0 Å². The normalized spacial score (nSPS) is 11.5. The zero-order chi connectivity index (χ0) is 20.1. The number of carbonyl (C=O) groups is 2. The van der Waals surface area contributed by atoms with Crippen molar-refractivity contribution in [1.82, 2.24) is 0 Å². The molecule has 0 radical (unpaired) electrons. The van der Waals surface area contributed by atoms with Crippen LogP contribution < -0.4 is 15.4 Å². The quantitative estimate of drug-likeness (QED) is 0.572. The highest BCUT2D eigenvalue weighted by molar-refractivity contribution is 6.31. The Morgan fingerprint density at radius 3 is 2.46 bits per heavy atom.